The van der Waals surface area contributed by atoms with Crippen molar-refractivity contribution in [3.63, 3.8) is 0 Å². The first-order valence-electron chi connectivity index (χ1n) is 10.9. The summed E-state index contributed by atoms with van der Waals surface area (Å²) >= 11 is 0. The third-order valence-corrected chi connectivity index (χ3v) is 7.83. The van der Waals surface area contributed by atoms with Crippen LogP contribution in [0.25, 0.3) is 5.31 Å². The zero-order valence-corrected chi connectivity index (χ0v) is 19.4. The van der Waals surface area contributed by atoms with E-state index in [1.165, 1.54) is 16.8 Å². The quantitative estimate of drug-likeness (QED) is 0.726. The molecule has 1 amide bonds. The molecule has 30 heavy (non-hydrogen) atoms. The molecule has 3 aliphatic rings. The van der Waals surface area contributed by atoms with E-state index in [-0.39, 0.29) is 11.7 Å². The SMILES string of the molecule is CCC1=CC(N2CCN[C@H](C)C2)=CN2C(=O)C=C(c3ccc(OC)c(CC)c3)PC12. The van der Waals surface area contributed by atoms with Crippen molar-refractivity contribution in [3.05, 3.63) is 58.9 Å². The van der Waals surface area contributed by atoms with Crippen molar-refractivity contribution in [1.29, 1.82) is 0 Å². The van der Waals surface area contributed by atoms with Crippen LogP contribution in [0.4, 0.5) is 0 Å². The molecule has 1 fully saturated rings. The number of piperazine rings is 1. The van der Waals surface area contributed by atoms with Crippen LogP contribution in [0.1, 0.15) is 38.3 Å². The van der Waals surface area contributed by atoms with E-state index >= 15 is 0 Å². The summed E-state index contributed by atoms with van der Waals surface area (Å²) < 4.78 is 5.48. The Morgan fingerprint density at radius 2 is 2.07 bits per heavy atom. The van der Waals surface area contributed by atoms with Gasteiger partial charge in [0.2, 0.25) is 0 Å². The van der Waals surface area contributed by atoms with E-state index < -0.39 is 0 Å². The molecular formula is C24H32N3O2P. The molecule has 0 spiro atoms. The molecule has 3 atom stereocenters. The van der Waals surface area contributed by atoms with Gasteiger partial charge in [0.1, 0.15) is 5.75 Å². The van der Waals surface area contributed by atoms with Crippen LogP contribution in [0.15, 0.2) is 47.8 Å². The standard InChI is InChI=1S/C24H32N3O2P/c1-5-17-11-19(7-8-21(17)29-4)22-13-23(28)27-15-20(12-18(6-2)24(27)30-22)26-10-9-25-16(3)14-26/h7-8,11-13,15-16,24-25,30H,5-6,9-10,14H2,1-4H3/t16-,24?/m1/s1. The summed E-state index contributed by atoms with van der Waals surface area (Å²) in [7, 11) is 2.25. The fourth-order valence-corrected chi connectivity index (χ4v) is 6.10. The normalized spacial score (nSPS) is 24.9. The molecule has 1 N–H and O–H groups in total. The Hall–Kier alpha value is -2.10. The van der Waals surface area contributed by atoms with Gasteiger partial charge < -0.3 is 19.9 Å². The predicted octanol–water partition coefficient (Wildman–Crippen LogP) is 3.93. The van der Waals surface area contributed by atoms with Gasteiger partial charge in [0.15, 0.2) is 0 Å². The molecule has 0 aromatic heterocycles. The number of nitrogens with one attached hydrogen (secondary N) is 1. The number of aryl methyl sites for hydroxylation is 1. The number of methoxy groups -OCH3 is 1. The van der Waals surface area contributed by atoms with Gasteiger partial charge in [0.05, 0.1) is 18.6 Å². The Bertz CT molecular complexity index is 921. The zero-order valence-electron chi connectivity index (χ0n) is 18.4. The number of rotatable bonds is 5. The summed E-state index contributed by atoms with van der Waals surface area (Å²) in [6.07, 6.45) is 8.11. The summed E-state index contributed by atoms with van der Waals surface area (Å²) in [5.74, 6) is 1.14. The highest BCUT2D eigenvalue weighted by molar-refractivity contribution is 7.51. The van der Waals surface area contributed by atoms with E-state index in [4.69, 9.17) is 4.74 Å². The van der Waals surface area contributed by atoms with Gasteiger partial charge in [-0.15, -0.1) is 0 Å². The number of ether oxygens (including phenoxy) is 1. The Labute approximate surface area is 181 Å². The molecule has 0 saturated carbocycles. The van der Waals surface area contributed by atoms with Crippen molar-refractivity contribution in [2.45, 2.75) is 45.4 Å². The second-order valence-corrected chi connectivity index (χ2v) is 9.53. The first-order chi connectivity index (χ1) is 14.5. The van der Waals surface area contributed by atoms with Gasteiger partial charge >= 0.3 is 0 Å². The number of hydrogen-bond acceptors (Lipinski definition) is 4. The van der Waals surface area contributed by atoms with Crippen molar-refractivity contribution >= 4 is 19.8 Å². The molecule has 1 aromatic rings. The predicted molar refractivity (Wildman–Crippen MR) is 125 cm³/mol. The van der Waals surface area contributed by atoms with Gasteiger partial charge in [-0.3, -0.25) is 4.79 Å². The number of fused-ring (bicyclic) bond motifs is 1. The molecule has 2 unspecified atom stereocenters. The van der Waals surface area contributed by atoms with E-state index in [1.54, 1.807) is 7.11 Å². The van der Waals surface area contributed by atoms with Gasteiger partial charge in [0.25, 0.3) is 5.91 Å². The topological polar surface area (TPSA) is 44.8 Å². The molecule has 1 aromatic carbocycles. The third-order valence-electron chi connectivity index (χ3n) is 6.16. The second kappa shape index (κ2) is 8.95. The van der Waals surface area contributed by atoms with Gasteiger partial charge in [-0.05, 0) is 60.0 Å². The lowest BCUT2D eigenvalue weighted by Crippen LogP contribution is -2.49. The smallest absolute Gasteiger partial charge is 0.252 e. The number of amides is 1. The molecule has 1 saturated heterocycles. The molecular weight excluding hydrogens is 393 g/mol. The van der Waals surface area contributed by atoms with E-state index in [0.717, 1.165) is 49.1 Å². The molecule has 3 heterocycles. The molecule has 4 rings (SSSR count). The fraction of sp³-hybridized carbons (Fsp3) is 0.458. The Morgan fingerprint density at radius 1 is 1.23 bits per heavy atom. The first-order valence-corrected chi connectivity index (χ1v) is 12.0. The first kappa shape index (κ1) is 21.1. The Kier molecular flexibility index (Phi) is 6.31. The number of benzene rings is 1. The average molecular weight is 426 g/mol. The summed E-state index contributed by atoms with van der Waals surface area (Å²) in [4.78, 5) is 17.5. The third kappa shape index (κ3) is 4.06. The second-order valence-electron chi connectivity index (χ2n) is 8.16. The summed E-state index contributed by atoms with van der Waals surface area (Å²) in [5.41, 5.74) is 4.84. The van der Waals surface area contributed by atoms with Crippen molar-refractivity contribution < 1.29 is 9.53 Å². The highest BCUT2D eigenvalue weighted by Gasteiger charge is 2.34. The van der Waals surface area contributed by atoms with Crippen molar-refractivity contribution in [2.24, 2.45) is 0 Å². The van der Waals surface area contributed by atoms with E-state index in [2.05, 4.69) is 55.4 Å². The maximum absolute atomic E-state index is 13.2. The minimum Gasteiger partial charge on any atom is -0.496 e. The average Bonchev–Trinajstić information content (AvgIpc) is 2.77. The van der Waals surface area contributed by atoms with Crippen molar-refractivity contribution in [3.8, 4) is 5.75 Å². The van der Waals surface area contributed by atoms with E-state index in [0.29, 0.717) is 14.6 Å². The summed E-state index contributed by atoms with van der Waals surface area (Å²) in [5, 5.41) is 4.64. The van der Waals surface area contributed by atoms with Crippen molar-refractivity contribution in [2.75, 3.05) is 26.7 Å². The lowest BCUT2D eigenvalue weighted by molar-refractivity contribution is -0.124. The van der Waals surface area contributed by atoms with Gasteiger partial charge in [-0.1, -0.05) is 28.5 Å². The molecule has 160 valence electrons. The minimum absolute atomic E-state index is 0.0855. The largest absolute Gasteiger partial charge is 0.496 e. The Morgan fingerprint density at radius 3 is 2.77 bits per heavy atom. The number of allylic oxidation sites excluding steroid dienone is 1. The number of carbonyl (C=O) groups excluding carboxylic acids is 1. The Balaban J connectivity index is 1.64. The zero-order chi connectivity index (χ0) is 21.3. The summed E-state index contributed by atoms with van der Waals surface area (Å²) in [6.45, 7) is 9.47. The lowest BCUT2D eigenvalue weighted by Gasteiger charge is -2.41. The van der Waals surface area contributed by atoms with Crippen molar-refractivity contribution in [1.82, 2.24) is 15.1 Å². The van der Waals surface area contributed by atoms with Gasteiger partial charge in [-0.2, -0.15) is 0 Å². The molecule has 3 aliphatic heterocycles. The van der Waals surface area contributed by atoms with Gasteiger partial charge in [-0.25, -0.2) is 0 Å². The molecule has 6 heteroatoms. The monoisotopic (exact) mass is 425 g/mol. The number of hydrogen-bond donors (Lipinski definition) is 1. The van der Waals surface area contributed by atoms with E-state index in [1.807, 2.05) is 17.0 Å². The lowest BCUT2D eigenvalue weighted by atomic mass is 10.0. The fourth-order valence-electron chi connectivity index (χ4n) is 4.47. The molecule has 0 bridgehead atoms. The van der Waals surface area contributed by atoms with Crippen LogP contribution in [-0.4, -0.2) is 54.3 Å². The van der Waals surface area contributed by atoms with Crippen LogP contribution >= 0.6 is 8.58 Å². The number of nitrogens with zero attached hydrogens (tertiary/aromatic N) is 2. The highest BCUT2D eigenvalue weighted by Crippen LogP contribution is 2.48. The van der Waals surface area contributed by atoms with Crippen LogP contribution in [0.2, 0.25) is 0 Å². The highest BCUT2D eigenvalue weighted by atomic mass is 31.1. The molecule has 0 radical (unpaired) electrons. The molecule has 0 aliphatic carbocycles. The van der Waals surface area contributed by atoms with Crippen LogP contribution in [0.3, 0.4) is 0 Å². The number of carbonyl (C=O) groups is 1. The van der Waals surface area contributed by atoms with Crippen LogP contribution in [0.5, 0.6) is 5.75 Å². The van der Waals surface area contributed by atoms with Crippen LogP contribution in [-0.2, 0) is 11.2 Å². The maximum atomic E-state index is 13.2. The maximum Gasteiger partial charge on any atom is 0.252 e. The van der Waals surface area contributed by atoms with Crippen LogP contribution < -0.4 is 10.1 Å². The summed E-state index contributed by atoms with van der Waals surface area (Å²) in [6, 6.07) is 6.75. The van der Waals surface area contributed by atoms with E-state index in [9.17, 15) is 4.79 Å². The molecule has 5 nitrogen and oxygen atoms in total. The van der Waals surface area contributed by atoms with Gasteiger partial charge in [0, 0.05) is 38.0 Å². The van der Waals surface area contributed by atoms with Crippen LogP contribution in [0, 0.1) is 0 Å². The minimum atomic E-state index is 0.0855.